The molecule has 2 fully saturated rings. The first-order valence-electron chi connectivity index (χ1n) is 10.8. The van der Waals surface area contributed by atoms with Crippen molar-refractivity contribution in [2.24, 2.45) is 0 Å². The summed E-state index contributed by atoms with van der Waals surface area (Å²) in [6.45, 7) is 0.988. The first kappa shape index (κ1) is 21.4. The monoisotopic (exact) mass is 468 g/mol. The number of fused-ring (bicyclic) bond motifs is 1. The van der Waals surface area contributed by atoms with Crippen LogP contribution in [0.25, 0.3) is 11.1 Å². The summed E-state index contributed by atoms with van der Waals surface area (Å²) < 4.78 is 27.8. The molecule has 1 amide bonds. The number of hydrogen-bond donors (Lipinski definition) is 1. The quantitative estimate of drug-likeness (QED) is 0.691. The molecule has 0 radical (unpaired) electrons. The molecular weight excluding hydrogens is 444 g/mol. The molecule has 3 heterocycles. The first-order chi connectivity index (χ1) is 15.4. The van der Waals surface area contributed by atoms with E-state index in [-0.39, 0.29) is 6.42 Å². The normalized spacial score (nSPS) is 19.0. The van der Waals surface area contributed by atoms with Crippen LogP contribution < -0.4 is 4.72 Å². The lowest BCUT2D eigenvalue weighted by atomic mass is 9.91. The highest BCUT2D eigenvalue weighted by Gasteiger charge is 2.42. The van der Waals surface area contributed by atoms with E-state index < -0.39 is 21.2 Å². The lowest BCUT2D eigenvalue weighted by Crippen LogP contribution is -2.63. The van der Waals surface area contributed by atoms with Gasteiger partial charge < -0.3 is 0 Å². The summed E-state index contributed by atoms with van der Waals surface area (Å²) >= 11 is 1.87. The van der Waals surface area contributed by atoms with Crippen LogP contribution >= 0.6 is 11.8 Å². The average Bonchev–Trinajstić information content (AvgIpc) is 3.17. The number of aryl methyl sites for hydroxylation is 1. The molecule has 32 heavy (non-hydrogen) atoms. The predicted octanol–water partition coefficient (Wildman–Crippen LogP) is 1.90. The predicted molar refractivity (Wildman–Crippen MR) is 124 cm³/mol. The van der Waals surface area contributed by atoms with Crippen LogP contribution in [0.3, 0.4) is 0 Å². The van der Waals surface area contributed by atoms with Crippen LogP contribution in [-0.2, 0) is 34.1 Å². The Morgan fingerprint density at radius 3 is 2.78 bits per heavy atom. The summed E-state index contributed by atoms with van der Waals surface area (Å²) in [4.78, 5) is 19.1. The number of sulfonamides is 1. The Morgan fingerprint density at radius 2 is 2.06 bits per heavy atom. The summed E-state index contributed by atoms with van der Waals surface area (Å²) in [7, 11) is -3.70. The zero-order valence-corrected chi connectivity index (χ0v) is 19.2. The van der Waals surface area contributed by atoms with Crippen LogP contribution in [0.15, 0.2) is 30.5 Å². The minimum absolute atomic E-state index is 0.00234. The van der Waals surface area contributed by atoms with Gasteiger partial charge in [-0.15, -0.1) is 0 Å². The summed E-state index contributed by atoms with van der Waals surface area (Å²) in [6, 6.07) is 10.1. The van der Waals surface area contributed by atoms with Gasteiger partial charge in [-0.25, -0.2) is 13.4 Å². The van der Waals surface area contributed by atoms with Gasteiger partial charge in [-0.2, -0.15) is 17.0 Å². The number of hydrogen-bond acceptors (Lipinski definition) is 7. The maximum absolute atomic E-state index is 12.9. The fraction of sp³-hybridized carbons (Fsp3) is 0.435. The van der Waals surface area contributed by atoms with Gasteiger partial charge in [-0.1, -0.05) is 12.1 Å². The lowest BCUT2D eigenvalue weighted by molar-refractivity contribution is -0.118. The van der Waals surface area contributed by atoms with Crippen LogP contribution in [0.1, 0.15) is 28.8 Å². The summed E-state index contributed by atoms with van der Waals surface area (Å²) in [6.07, 6.45) is 4.42. The standard InChI is InChI=1S/C23H24N4O3S2/c24-10-17-8-16(6-7-25-17)21-5-4-15-2-1-3-20(15)22(21)9-23(28)26-32(29,30)19-11-27(12-19)18-13-31-14-18/h4-8,18-19H,1-3,9,11-14H2,(H,26,28). The minimum atomic E-state index is -3.70. The van der Waals surface area contributed by atoms with E-state index in [1.807, 2.05) is 23.9 Å². The zero-order chi connectivity index (χ0) is 22.3. The maximum atomic E-state index is 12.9. The molecule has 1 aromatic heterocycles. The molecule has 9 heteroatoms. The molecular formula is C23H24N4O3S2. The highest BCUT2D eigenvalue weighted by atomic mass is 32.2. The summed E-state index contributed by atoms with van der Waals surface area (Å²) in [5.74, 6) is 1.62. The summed E-state index contributed by atoms with van der Waals surface area (Å²) in [5.41, 5.74) is 5.16. The highest BCUT2D eigenvalue weighted by molar-refractivity contribution is 8.00. The Morgan fingerprint density at radius 1 is 1.25 bits per heavy atom. The number of nitrogens with zero attached hydrogens (tertiary/aromatic N) is 3. The van der Waals surface area contributed by atoms with Crippen molar-refractivity contribution in [2.45, 2.75) is 37.0 Å². The minimum Gasteiger partial charge on any atom is -0.296 e. The molecule has 5 rings (SSSR count). The second-order valence-electron chi connectivity index (χ2n) is 8.64. The van der Waals surface area contributed by atoms with Gasteiger partial charge in [0, 0.05) is 36.8 Å². The number of thioether (sulfide) groups is 1. The smallest absolute Gasteiger partial charge is 0.240 e. The van der Waals surface area contributed by atoms with Gasteiger partial charge in [0.2, 0.25) is 15.9 Å². The molecule has 7 nitrogen and oxygen atoms in total. The van der Waals surface area contributed by atoms with Gasteiger partial charge in [0.1, 0.15) is 17.0 Å². The van der Waals surface area contributed by atoms with Gasteiger partial charge in [0.15, 0.2) is 0 Å². The Kier molecular flexibility index (Phi) is 5.70. The van der Waals surface area contributed by atoms with Gasteiger partial charge in [-0.05, 0) is 59.2 Å². The number of carbonyl (C=O) groups excluding carboxylic acids is 1. The molecule has 2 aliphatic heterocycles. The summed E-state index contributed by atoms with van der Waals surface area (Å²) in [5, 5.41) is 8.68. The van der Waals surface area contributed by atoms with Crippen molar-refractivity contribution >= 4 is 27.7 Å². The van der Waals surface area contributed by atoms with E-state index >= 15 is 0 Å². The molecule has 1 aliphatic carbocycles. The Labute approximate surface area is 192 Å². The van der Waals surface area contributed by atoms with E-state index in [9.17, 15) is 18.5 Å². The molecule has 0 spiro atoms. The van der Waals surface area contributed by atoms with Crippen molar-refractivity contribution in [3.8, 4) is 17.2 Å². The van der Waals surface area contributed by atoms with Crippen LogP contribution in [0.2, 0.25) is 0 Å². The topological polar surface area (TPSA) is 103 Å². The molecule has 1 aromatic carbocycles. The molecule has 2 aromatic rings. The van der Waals surface area contributed by atoms with E-state index in [4.69, 9.17) is 0 Å². The molecule has 0 bridgehead atoms. The third-order valence-corrected chi connectivity index (χ3v) is 9.56. The lowest BCUT2D eigenvalue weighted by Gasteiger charge is -2.46. The van der Waals surface area contributed by atoms with Gasteiger partial charge in [0.05, 0.1) is 6.42 Å². The molecule has 3 aliphatic rings. The third-order valence-electron chi connectivity index (χ3n) is 6.63. The second kappa shape index (κ2) is 8.50. The maximum Gasteiger partial charge on any atom is 0.240 e. The van der Waals surface area contributed by atoms with E-state index in [0.717, 1.165) is 53.0 Å². The second-order valence-corrected chi connectivity index (χ2v) is 11.7. The van der Waals surface area contributed by atoms with Crippen LogP contribution in [0.4, 0.5) is 0 Å². The van der Waals surface area contributed by atoms with Crippen molar-refractivity contribution < 1.29 is 13.2 Å². The van der Waals surface area contributed by atoms with Crippen LogP contribution in [0, 0.1) is 11.3 Å². The Bertz CT molecular complexity index is 1210. The fourth-order valence-electron chi connectivity index (χ4n) is 4.71. The van der Waals surface area contributed by atoms with Crippen LogP contribution in [0.5, 0.6) is 0 Å². The van der Waals surface area contributed by atoms with Gasteiger partial charge in [0.25, 0.3) is 0 Å². The number of nitriles is 1. The Balaban J connectivity index is 1.36. The van der Waals surface area contributed by atoms with Crippen molar-refractivity contribution in [1.29, 1.82) is 5.26 Å². The fourth-order valence-corrected chi connectivity index (χ4v) is 6.91. The first-order valence-corrected chi connectivity index (χ1v) is 13.5. The number of pyridine rings is 1. The molecule has 0 unspecified atom stereocenters. The van der Waals surface area contributed by atoms with E-state index in [1.54, 1.807) is 12.3 Å². The number of nitrogens with one attached hydrogen (secondary N) is 1. The van der Waals surface area contributed by atoms with E-state index in [0.29, 0.717) is 24.8 Å². The third kappa shape index (κ3) is 4.03. The Hall–Kier alpha value is -2.41. The van der Waals surface area contributed by atoms with Crippen molar-refractivity contribution in [3.63, 3.8) is 0 Å². The molecule has 0 saturated carbocycles. The van der Waals surface area contributed by atoms with Crippen molar-refractivity contribution in [2.75, 3.05) is 24.6 Å². The number of benzene rings is 1. The molecule has 166 valence electrons. The number of likely N-dealkylation sites (tertiary alicyclic amines) is 1. The van der Waals surface area contributed by atoms with E-state index in [2.05, 4.69) is 26.7 Å². The zero-order valence-electron chi connectivity index (χ0n) is 17.6. The highest BCUT2D eigenvalue weighted by Crippen LogP contribution is 2.34. The van der Waals surface area contributed by atoms with E-state index in [1.165, 1.54) is 5.56 Å². The molecule has 0 atom stereocenters. The SMILES string of the molecule is N#Cc1cc(-c2ccc3c(c2CC(=O)NS(=O)(=O)C2CN(C4CSC4)C2)CCC3)ccn1. The molecule has 1 N–H and O–H groups in total. The average molecular weight is 469 g/mol. The van der Waals surface area contributed by atoms with Crippen molar-refractivity contribution in [1.82, 2.24) is 14.6 Å². The van der Waals surface area contributed by atoms with Gasteiger partial charge in [-0.3, -0.25) is 14.4 Å². The van der Waals surface area contributed by atoms with Crippen molar-refractivity contribution in [3.05, 3.63) is 52.8 Å². The number of aromatic nitrogens is 1. The number of amides is 1. The molecule has 2 saturated heterocycles. The largest absolute Gasteiger partial charge is 0.296 e. The van der Waals surface area contributed by atoms with Gasteiger partial charge >= 0.3 is 0 Å². The van der Waals surface area contributed by atoms with Crippen LogP contribution in [-0.4, -0.2) is 60.1 Å². The number of rotatable bonds is 6. The number of carbonyl (C=O) groups is 1.